The largest absolute Gasteiger partial charge is 0.386 e. The number of rotatable bonds is 0. The first kappa shape index (κ1) is 19.0. The number of carbonyl (C=O) groups excluding carboxylic acids is 4. The lowest BCUT2D eigenvalue weighted by molar-refractivity contribution is 0.0425. The highest BCUT2D eigenvalue weighted by Gasteiger charge is 2.30. The molecule has 32 heavy (non-hydrogen) atoms. The Balaban J connectivity index is 1.33. The maximum atomic E-state index is 11.6. The molecular weight excluding hydrogens is 408 g/mol. The van der Waals surface area contributed by atoms with Gasteiger partial charge in [0.25, 0.3) is 0 Å². The van der Waals surface area contributed by atoms with Crippen molar-refractivity contribution in [3.63, 3.8) is 0 Å². The highest BCUT2D eigenvalue weighted by Crippen LogP contribution is 2.22. The Morgan fingerprint density at radius 1 is 0.406 bits per heavy atom. The van der Waals surface area contributed by atoms with Gasteiger partial charge in [-0.1, -0.05) is 23.7 Å². The van der Waals surface area contributed by atoms with Gasteiger partial charge in [-0.3, -0.25) is 0 Å². The average molecular weight is 418 g/mol. The fraction of sp³-hybridized carbons (Fsp3) is 0. The standard InChI is InChI=1S/C26H10O6/c27-23-19-11-9-17(13-21(19)25(29)31-23)7-5-15-1-2-16(4-3-15)6-8-18-10-12-20-22(14-18)26(30)32-24(20)28/h1-4,9-14H. The van der Waals surface area contributed by atoms with E-state index in [9.17, 15) is 19.2 Å². The number of carbonyl (C=O) groups is 4. The van der Waals surface area contributed by atoms with Crippen LogP contribution in [0.4, 0.5) is 0 Å². The minimum Gasteiger partial charge on any atom is -0.386 e. The van der Waals surface area contributed by atoms with Crippen LogP contribution in [0, 0.1) is 23.7 Å². The first-order valence-corrected chi connectivity index (χ1v) is 9.43. The zero-order valence-corrected chi connectivity index (χ0v) is 16.2. The lowest BCUT2D eigenvalue weighted by Crippen LogP contribution is -1.96. The molecule has 2 aliphatic rings. The van der Waals surface area contributed by atoms with Crippen LogP contribution in [0.25, 0.3) is 0 Å². The molecule has 2 aliphatic heterocycles. The van der Waals surface area contributed by atoms with Crippen molar-refractivity contribution in [2.75, 3.05) is 0 Å². The zero-order chi connectivity index (χ0) is 22.2. The topological polar surface area (TPSA) is 86.7 Å². The number of ether oxygens (including phenoxy) is 2. The fourth-order valence-corrected chi connectivity index (χ4v) is 3.25. The highest BCUT2D eigenvalue weighted by molar-refractivity contribution is 6.15. The third-order valence-electron chi connectivity index (χ3n) is 4.88. The molecule has 0 radical (unpaired) electrons. The quantitative estimate of drug-likeness (QED) is 0.317. The second kappa shape index (κ2) is 7.39. The van der Waals surface area contributed by atoms with E-state index >= 15 is 0 Å². The second-order valence-electron chi connectivity index (χ2n) is 6.95. The molecule has 0 bridgehead atoms. The van der Waals surface area contributed by atoms with Crippen LogP contribution < -0.4 is 0 Å². The number of hydrogen-bond donors (Lipinski definition) is 0. The molecule has 3 aromatic rings. The first-order chi connectivity index (χ1) is 15.5. The molecule has 0 spiro atoms. The molecule has 3 aromatic carbocycles. The summed E-state index contributed by atoms with van der Waals surface area (Å²) in [5.41, 5.74) is 3.60. The minimum atomic E-state index is -0.663. The van der Waals surface area contributed by atoms with Crippen LogP contribution in [-0.2, 0) is 9.47 Å². The normalized spacial score (nSPS) is 13.2. The third kappa shape index (κ3) is 3.43. The second-order valence-corrected chi connectivity index (χ2v) is 6.95. The van der Waals surface area contributed by atoms with E-state index in [0.717, 1.165) is 11.1 Å². The van der Waals surface area contributed by atoms with E-state index in [4.69, 9.17) is 0 Å². The summed E-state index contributed by atoms with van der Waals surface area (Å²) in [5.74, 6) is 9.30. The lowest BCUT2D eigenvalue weighted by Gasteiger charge is -1.95. The smallest absolute Gasteiger partial charge is 0.346 e. The molecule has 6 nitrogen and oxygen atoms in total. The Bertz CT molecular complexity index is 1370. The van der Waals surface area contributed by atoms with Crippen molar-refractivity contribution >= 4 is 23.9 Å². The molecule has 0 unspecified atom stereocenters. The van der Waals surface area contributed by atoms with Gasteiger partial charge in [-0.05, 0) is 60.7 Å². The predicted molar refractivity (Wildman–Crippen MR) is 111 cm³/mol. The minimum absolute atomic E-state index is 0.219. The molecule has 0 aliphatic carbocycles. The molecule has 6 heteroatoms. The summed E-state index contributed by atoms with van der Waals surface area (Å²) in [6.07, 6.45) is 0. The number of cyclic esters (lactones) is 4. The van der Waals surface area contributed by atoms with E-state index in [1.54, 1.807) is 36.4 Å². The van der Waals surface area contributed by atoms with Crippen molar-refractivity contribution in [3.8, 4) is 23.7 Å². The third-order valence-corrected chi connectivity index (χ3v) is 4.88. The maximum absolute atomic E-state index is 11.6. The van der Waals surface area contributed by atoms with Crippen LogP contribution in [0.5, 0.6) is 0 Å². The molecule has 0 fully saturated rings. The maximum Gasteiger partial charge on any atom is 0.346 e. The summed E-state index contributed by atoms with van der Waals surface area (Å²) in [5, 5.41) is 0. The van der Waals surface area contributed by atoms with Gasteiger partial charge in [0.2, 0.25) is 0 Å². The van der Waals surface area contributed by atoms with Gasteiger partial charge < -0.3 is 9.47 Å². The van der Waals surface area contributed by atoms with E-state index in [-0.39, 0.29) is 22.3 Å². The molecule has 0 saturated carbocycles. The average Bonchev–Trinajstić information content (AvgIpc) is 3.25. The van der Waals surface area contributed by atoms with Crippen molar-refractivity contribution in [2.45, 2.75) is 0 Å². The van der Waals surface area contributed by atoms with Crippen LogP contribution in [0.3, 0.4) is 0 Å². The highest BCUT2D eigenvalue weighted by atomic mass is 16.6. The van der Waals surface area contributed by atoms with Crippen molar-refractivity contribution in [1.82, 2.24) is 0 Å². The van der Waals surface area contributed by atoms with Gasteiger partial charge in [0.1, 0.15) is 0 Å². The fourth-order valence-electron chi connectivity index (χ4n) is 3.25. The SMILES string of the molecule is O=C1OC(=O)c2cc(C#Cc3ccc(C#Cc4ccc5c(c4)C(=O)OC5=O)cc3)ccc21. The van der Waals surface area contributed by atoms with Gasteiger partial charge in [0, 0.05) is 22.3 Å². The molecule has 0 N–H and O–H groups in total. The van der Waals surface area contributed by atoms with Crippen LogP contribution in [0.1, 0.15) is 63.7 Å². The molecule has 150 valence electrons. The molecule has 0 aromatic heterocycles. The summed E-state index contributed by atoms with van der Waals surface area (Å²) in [7, 11) is 0. The number of fused-ring (bicyclic) bond motifs is 2. The predicted octanol–water partition coefficient (Wildman–Crippen LogP) is 3.11. The Hall–Kier alpha value is -4.94. The summed E-state index contributed by atoms with van der Waals surface area (Å²) >= 11 is 0. The Morgan fingerprint density at radius 2 is 0.719 bits per heavy atom. The summed E-state index contributed by atoms with van der Waals surface area (Å²) in [6, 6.07) is 16.7. The van der Waals surface area contributed by atoms with Gasteiger partial charge in [0.05, 0.1) is 22.3 Å². The van der Waals surface area contributed by atoms with E-state index in [0.29, 0.717) is 11.1 Å². The molecule has 5 rings (SSSR count). The molecular formula is C26H10O6. The van der Waals surface area contributed by atoms with Gasteiger partial charge in [-0.2, -0.15) is 0 Å². The number of hydrogen-bond acceptors (Lipinski definition) is 6. The van der Waals surface area contributed by atoms with Gasteiger partial charge in [0.15, 0.2) is 0 Å². The summed E-state index contributed by atoms with van der Waals surface area (Å²) in [6.45, 7) is 0. The summed E-state index contributed by atoms with van der Waals surface area (Å²) < 4.78 is 9.15. The van der Waals surface area contributed by atoms with Gasteiger partial charge in [-0.25, -0.2) is 19.2 Å². The zero-order valence-electron chi connectivity index (χ0n) is 16.2. The Kier molecular flexibility index (Phi) is 4.40. The Labute approximate surface area is 181 Å². The van der Waals surface area contributed by atoms with Gasteiger partial charge >= 0.3 is 23.9 Å². The molecule has 0 amide bonds. The van der Waals surface area contributed by atoms with Crippen LogP contribution >= 0.6 is 0 Å². The van der Waals surface area contributed by atoms with E-state index in [1.807, 2.05) is 0 Å². The Morgan fingerprint density at radius 3 is 1.12 bits per heavy atom. The van der Waals surface area contributed by atoms with Crippen molar-refractivity contribution in [2.24, 2.45) is 0 Å². The van der Waals surface area contributed by atoms with Crippen LogP contribution in [-0.4, -0.2) is 23.9 Å². The number of benzene rings is 3. The lowest BCUT2D eigenvalue weighted by atomic mass is 10.0. The van der Waals surface area contributed by atoms with E-state index in [2.05, 4.69) is 33.2 Å². The van der Waals surface area contributed by atoms with Crippen LogP contribution in [0.15, 0.2) is 60.7 Å². The van der Waals surface area contributed by atoms with Crippen molar-refractivity contribution < 1.29 is 28.7 Å². The van der Waals surface area contributed by atoms with E-state index in [1.165, 1.54) is 24.3 Å². The van der Waals surface area contributed by atoms with Gasteiger partial charge in [-0.15, -0.1) is 0 Å². The van der Waals surface area contributed by atoms with E-state index < -0.39 is 23.9 Å². The first-order valence-electron chi connectivity index (χ1n) is 9.43. The molecule has 0 atom stereocenters. The summed E-state index contributed by atoms with van der Waals surface area (Å²) in [4.78, 5) is 46.3. The van der Waals surface area contributed by atoms with Crippen molar-refractivity contribution in [3.05, 3.63) is 105 Å². The monoisotopic (exact) mass is 418 g/mol. The molecule has 0 saturated heterocycles. The number of esters is 4. The molecule has 2 heterocycles. The van der Waals surface area contributed by atoms with Crippen molar-refractivity contribution in [1.29, 1.82) is 0 Å². The van der Waals surface area contributed by atoms with Crippen LogP contribution in [0.2, 0.25) is 0 Å².